The number of H-pyrrole nitrogens is 1. The molecule has 0 radical (unpaired) electrons. The summed E-state index contributed by atoms with van der Waals surface area (Å²) in [6.07, 6.45) is 1.54. The highest BCUT2D eigenvalue weighted by Crippen LogP contribution is 2.26. The van der Waals surface area contributed by atoms with Gasteiger partial charge < -0.3 is 20.9 Å². The maximum atomic E-state index is 11.9. The monoisotopic (exact) mass is 262 g/mol. The van der Waals surface area contributed by atoms with Crippen molar-refractivity contribution in [1.29, 1.82) is 0 Å². The number of rotatable bonds is 4. The third kappa shape index (κ3) is 2.76. The Kier molecular flexibility index (Phi) is 3.56. The van der Waals surface area contributed by atoms with Crippen LogP contribution in [0.2, 0.25) is 0 Å². The summed E-state index contributed by atoms with van der Waals surface area (Å²) in [5, 5.41) is 18.6. The topological polar surface area (TPSA) is 113 Å². The zero-order valence-corrected chi connectivity index (χ0v) is 10.3. The van der Waals surface area contributed by atoms with Gasteiger partial charge in [0.15, 0.2) is 11.5 Å². The molecule has 5 N–H and O–H groups in total. The van der Waals surface area contributed by atoms with Crippen molar-refractivity contribution in [3.05, 3.63) is 35.5 Å². The normalized spacial score (nSPS) is 10.2. The van der Waals surface area contributed by atoms with Gasteiger partial charge in [-0.25, -0.2) is 0 Å². The number of aromatic nitrogens is 2. The second-order valence-electron chi connectivity index (χ2n) is 3.88. The van der Waals surface area contributed by atoms with E-state index in [4.69, 9.17) is 10.5 Å². The maximum absolute atomic E-state index is 11.9. The zero-order chi connectivity index (χ0) is 13.8. The number of ether oxygens (including phenoxy) is 1. The fourth-order valence-electron chi connectivity index (χ4n) is 1.57. The summed E-state index contributed by atoms with van der Waals surface area (Å²) in [5.41, 5.74) is 6.64. The van der Waals surface area contributed by atoms with Crippen molar-refractivity contribution in [2.45, 2.75) is 6.54 Å². The molecule has 1 heterocycles. The highest BCUT2D eigenvalue weighted by atomic mass is 16.5. The van der Waals surface area contributed by atoms with E-state index < -0.39 is 0 Å². The molecule has 7 heteroatoms. The van der Waals surface area contributed by atoms with Gasteiger partial charge in [-0.2, -0.15) is 5.10 Å². The van der Waals surface area contributed by atoms with Gasteiger partial charge in [0.05, 0.1) is 13.3 Å². The molecule has 0 bridgehead atoms. The molecule has 1 aromatic carbocycles. The van der Waals surface area contributed by atoms with Crippen molar-refractivity contribution >= 4 is 11.7 Å². The molecule has 0 saturated heterocycles. The maximum Gasteiger partial charge on any atom is 0.251 e. The van der Waals surface area contributed by atoms with E-state index in [9.17, 15) is 9.90 Å². The van der Waals surface area contributed by atoms with Crippen molar-refractivity contribution < 1.29 is 14.6 Å². The van der Waals surface area contributed by atoms with Gasteiger partial charge in [-0.15, -0.1) is 0 Å². The smallest absolute Gasteiger partial charge is 0.251 e. The highest BCUT2D eigenvalue weighted by Gasteiger charge is 2.10. The molecule has 2 aromatic rings. The van der Waals surface area contributed by atoms with Crippen LogP contribution in [0, 0.1) is 0 Å². The number of carbonyl (C=O) groups is 1. The number of anilines is 1. The lowest BCUT2D eigenvalue weighted by molar-refractivity contribution is 0.0950. The number of phenolic OH excluding ortho intramolecular Hbond substituents is 1. The summed E-state index contributed by atoms with van der Waals surface area (Å²) in [6.45, 7) is 0.258. The summed E-state index contributed by atoms with van der Waals surface area (Å²) in [6, 6.07) is 4.43. The molecule has 0 aliphatic carbocycles. The van der Waals surface area contributed by atoms with Crippen molar-refractivity contribution in [2.75, 3.05) is 12.8 Å². The Morgan fingerprint density at radius 2 is 2.37 bits per heavy atom. The molecule has 2 rings (SSSR count). The van der Waals surface area contributed by atoms with Crippen LogP contribution in [0.15, 0.2) is 24.4 Å². The largest absolute Gasteiger partial charge is 0.504 e. The van der Waals surface area contributed by atoms with Gasteiger partial charge in [0, 0.05) is 17.7 Å². The van der Waals surface area contributed by atoms with Crippen molar-refractivity contribution in [3.63, 3.8) is 0 Å². The van der Waals surface area contributed by atoms with Gasteiger partial charge >= 0.3 is 0 Å². The van der Waals surface area contributed by atoms with Crippen LogP contribution >= 0.6 is 0 Å². The number of nitrogens with two attached hydrogens (primary N) is 1. The number of carbonyl (C=O) groups excluding carboxylic acids is 1. The van der Waals surface area contributed by atoms with Gasteiger partial charge in [-0.1, -0.05) is 0 Å². The van der Waals surface area contributed by atoms with Crippen molar-refractivity contribution in [3.8, 4) is 11.5 Å². The van der Waals surface area contributed by atoms with Crippen LogP contribution in [0.1, 0.15) is 15.9 Å². The first-order chi connectivity index (χ1) is 9.11. The Bertz CT molecular complexity index is 594. The molecular weight excluding hydrogens is 248 g/mol. The Balaban J connectivity index is 2.04. The molecule has 0 aliphatic heterocycles. The Morgan fingerprint density at radius 1 is 1.58 bits per heavy atom. The number of amides is 1. The van der Waals surface area contributed by atoms with E-state index in [2.05, 4.69) is 15.5 Å². The summed E-state index contributed by atoms with van der Waals surface area (Å²) in [7, 11) is 1.44. The van der Waals surface area contributed by atoms with Crippen LogP contribution < -0.4 is 15.8 Å². The number of benzene rings is 1. The van der Waals surface area contributed by atoms with Crippen molar-refractivity contribution in [1.82, 2.24) is 15.5 Å². The van der Waals surface area contributed by atoms with E-state index in [0.29, 0.717) is 22.7 Å². The summed E-state index contributed by atoms with van der Waals surface area (Å²) in [5.74, 6) is 0.324. The predicted molar refractivity (Wildman–Crippen MR) is 68.8 cm³/mol. The molecule has 0 fully saturated rings. The molecule has 0 spiro atoms. The van der Waals surface area contributed by atoms with Gasteiger partial charge in [0.1, 0.15) is 5.82 Å². The molecule has 0 saturated carbocycles. The molecule has 0 atom stereocenters. The molecule has 7 nitrogen and oxygen atoms in total. The minimum atomic E-state index is -0.321. The minimum absolute atomic E-state index is 0.0852. The quantitative estimate of drug-likeness (QED) is 0.645. The molecule has 19 heavy (non-hydrogen) atoms. The summed E-state index contributed by atoms with van der Waals surface area (Å²) >= 11 is 0. The third-order valence-corrected chi connectivity index (χ3v) is 2.63. The Morgan fingerprint density at radius 3 is 2.95 bits per heavy atom. The summed E-state index contributed by atoms with van der Waals surface area (Å²) in [4.78, 5) is 11.9. The van der Waals surface area contributed by atoms with Crippen LogP contribution in [-0.4, -0.2) is 28.3 Å². The number of hydrogen-bond donors (Lipinski definition) is 4. The van der Waals surface area contributed by atoms with Crippen LogP contribution in [-0.2, 0) is 6.54 Å². The second-order valence-corrected chi connectivity index (χ2v) is 3.88. The first-order valence-corrected chi connectivity index (χ1v) is 5.54. The highest BCUT2D eigenvalue weighted by molar-refractivity contribution is 5.94. The van der Waals surface area contributed by atoms with E-state index in [-0.39, 0.29) is 18.2 Å². The van der Waals surface area contributed by atoms with E-state index >= 15 is 0 Å². The van der Waals surface area contributed by atoms with E-state index in [0.717, 1.165) is 0 Å². The number of methoxy groups -OCH3 is 1. The van der Waals surface area contributed by atoms with Crippen LogP contribution in [0.4, 0.5) is 5.82 Å². The van der Waals surface area contributed by atoms with Crippen LogP contribution in [0.3, 0.4) is 0 Å². The Hall–Kier alpha value is -2.70. The van der Waals surface area contributed by atoms with Crippen LogP contribution in [0.25, 0.3) is 0 Å². The molecule has 0 unspecified atom stereocenters. The SMILES string of the molecule is COc1ccc(C(=O)NCc2cn[nH]c2N)cc1O. The predicted octanol–water partition coefficient (Wildman–Crippen LogP) is 0.636. The first kappa shape index (κ1) is 12.7. The summed E-state index contributed by atoms with van der Waals surface area (Å²) < 4.78 is 4.90. The lowest BCUT2D eigenvalue weighted by Crippen LogP contribution is -2.22. The molecule has 100 valence electrons. The lowest BCUT2D eigenvalue weighted by atomic mass is 10.2. The van der Waals surface area contributed by atoms with E-state index in [1.54, 1.807) is 12.3 Å². The fourth-order valence-corrected chi connectivity index (χ4v) is 1.57. The second kappa shape index (κ2) is 5.30. The lowest BCUT2D eigenvalue weighted by Gasteiger charge is -2.07. The fraction of sp³-hybridized carbons (Fsp3) is 0.167. The van der Waals surface area contributed by atoms with Gasteiger partial charge in [-0.3, -0.25) is 9.89 Å². The molecule has 0 aliphatic rings. The van der Waals surface area contributed by atoms with Crippen molar-refractivity contribution in [2.24, 2.45) is 0 Å². The number of aromatic amines is 1. The average molecular weight is 262 g/mol. The Labute approximate surface area is 109 Å². The number of phenols is 1. The minimum Gasteiger partial charge on any atom is -0.504 e. The number of nitrogens with zero attached hydrogens (tertiary/aromatic N) is 1. The number of hydrogen-bond acceptors (Lipinski definition) is 5. The van der Waals surface area contributed by atoms with Crippen LogP contribution in [0.5, 0.6) is 11.5 Å². The molecule has 1 aromatic heterocycles. The van der Waals surface area contributed by atoms with Gasteiger partial charge in [0.25, 0.3) is 5.91 Å². The van der Waals surface area contributed by atoms with Gasteiger partial charge in [-0.05, 0) is 18.2 Å². The van der Waals surface area contributed by atoms with E-state index in [1.165, 1.54) is 19.2 Å². The van der Waals surface area contributed by atoms with Gasteiger partial charge in [0.2, 0.25) is 0 Å². The number of aromatic hydroxyl groups is 1. The zero-order valence-electron chi connectivity index (χ0n) is 10.3. The molecular formula is C12H14N4O3. The molecule has 1 amide bonds. The van der Waals surface area contributed by atoms with E-state index in [1.807, 2.05) is 0 Å². The first-order valence-electron chi connectivity index (χ1n) is 5.54. The average Bonchev–Trinajstić information content (AvgIpc) is 2.81. The standard InChI is InChI=1S/C12H14N4O3/c1-19-10-3-2-7(4-9(10)17)12(18)14-5-8-6-15-16-11(8)13/h2-4,6,17H,5H2,1H3,(H,14,18)(H3,13,15,16). The number of nitrogens with one attached hydrogen (secondary N) is 2. The number of nitrogen functional groups attached to an aromatic ring is 1. The third-order valence-electron chi connectivity index (χ3n) is 2.63.